The van der Waals surface area contributed by atoms with Crippen LogP contribution in [0.2, 0.25) is 0 Å². The molecule has 1 amide bonds. The van der Waals surface area contributed by atoms with Gasteiger partial charge in [-0.2, -0.15) is 5.10 Å². The number of cyclic esters (lactones) is 1. The van der Waals surface area contributed by atoms with Gasteiger partial charge in [-0.25, -0.2) is 9.78 Å². The lowest BCUT2D eigenvalue weighted by atomic mass is 9.95. The number of ether oxygens (including phenoxy) is 1. The quantitative estimate of drug-likeness (QED) is 0.865. The SMILES string of the molecule is Cc1nc(C2CCN(C(=O)CC3OC(=O)c4ccccc43)CC2)n[nH]1. The van der Waals surface area contributed by atoms with Gasteiger partial charge in [0.1, 0.15) is 11.9 Å². The predicted molar refractivity (Wildman–Crippen MR) is 88.9 cm³/mol. The number of fused-ring (bicyclic) bond motifs is 1. The first-order valence-electron chi connectivity index (χ1n) is 8.58. The van der Waals surface area contributed by atoms with Crippen molar-refractivity contribution in [2.45, 2.75) is 38.2 Å². The number of likely N-dealkylation sites (tertiary alicyclic amines) is 1. The summed E-state index contributed by atoms with van der Waals surface area (Å²) < 4.78 is 5.38. The molecule has 1 aromatic carbocycles. The number of piperidine rings is 1. The Kier molecular flexibility index (Phi) is 3.99. The fourth-order valence-electron chi connectivity index (χ4n) is 3.59. The highest BCUT2D eigenvalue weighted by atomic mass is 16.5. The van der Waals surface area contributed by atoms with E-state index in [1.807, 2.05) is 24.0 Å². The average molecular weight is 340 g/mol. The van der Waals surface area contributed by atoms with Crippen LogP contribution in [0.5, 0.6) is 0 Å². The van der Waals surface area contributed by atoms with Gasteiger partial charge in [-0.05, 0) is 25.8 Å². The van der Waals surface area contributed by atoms with Crippen LogP contribution in [0.1, 0.15) is 58.9 Å². The summed E-state index contributed by atoms with van der Waals surface area (Å²) in [5.41, 5.74) is 1.38. The van der Waals surface area contributed by atoms with Crippen LogP contribution in [0, 0.1) is 6.92 Å². The van der Waals surface area contributed by atoms with Crippen LogP contribution in [0.25, 0.3) is 0 Å². The van der Waals surface area contributed by atoms with Crippen LogP contribution >= 0.6 is 0 Å². The van der Waals surface area contributed by atoms with Gasteiger partial charge in [0.2, 0.25) is 5.91 Å². The van der Waals surface area contributed by atoms with E-state index >= 15 is 0 Å². The van der Waals surface area contributed by atoms with E-state index in [-0.39, 0.29) is 18.3 Å². The lowest BCUT2D eigenvalue weighted by Gasteiger charge is -2.31. The van der Waals surface area contributed by atoms with Crippen LogP contribution in [-0.2, 0) is 9.53 Å². The van der Waals surface area contributed by atoms with Crippen LogP contribution in [-0.4, -0.2) is 45.0 Å². The molecule has 4 rings (SSSR count). The minimum atomic E-state index is -0.468. The molecule has 130 valence electrons. The highest BCUT2D eigenvalue weighted by Crippen LogP contribution is 2.34. The third-order valence-corrected chi connectivity index (χ3v) is 4.96. The molecule has 2 aliphatic heterocycles. The van der Waals surface area contributed by atoms with Gasteiger partial charge in [-0.3, -0.25) is 9.89 Å². The monoisotopic (exact) mass is 340 g/mol. The number of esters is 1. The summed E-state index contributed by atoms with van der Waals surface area (Å²) in [6, 6.07) is 7.27. The molecule has 2 aromatic rings. The molecular weight excluding hydrogens is 320 g/mol. The normalized spacial score (nSPS) is 20.4. The highest BCUT2D eigenvalue weighted by Gasteiger charge is 2.34. The Hall–Kier alpha value is -2.70. The molecular formula is C18H20N4O3. The molecule has 7 heteroatoms. The summed E-state index contributed by atoms with van der Waals surface area (Å²) in [5.74, 6) is 1.63. The zero-order valence-electron chi connectivity index (χ0n) is 14.1. The molecule has 7 nitrogen and oxygen atoms in total. The number of benzene rings is 1. The van der Waals surface area contributed by atoms with Gasteiger partial charge < -0.3 is 9.64 Å². The fraction of sp³-hybridized carbons (Fsp3) is 0.444. The van der Waals surface area contributed by atoms with Gasteiger partial charge in [0.15, 0.2) is 5.82 Å². The van der Waals surface area contributed by atoms with E-state index in [0.29, 0.717) is 24.6 Å². The van der Waals surface area contributed by atoms with E-state index in [0.717, 1.165) is 30.1 Å². The lowest BCUT2D eigenvalue weighted by Crippen LogP contribution is -2.38. The molecule has 25 heavy (non-hydrogen) atoms. The lowest BCUT2D eigenvalue weighted by molar-refractivity contribution is -0.134. The maximum absolute atomic E-state index is 12.6. The summed E-state index contributed by atoms with van der Waals surface area (Å²) in [7, 11) is 0. The number of hydrogen-bond acceptors (Lipinski definition) is 5. The van der Waals surface area contributed by atoms with E-state index < -0.39 is 6.10 Å². The van der Waals surface area contributed by atoms with Crippen molar-refractivity contribution in [1.29, 1.82) is 0 Å². The molecule has 1 aromatic heterocycles. The molecule has 0 aliphatic carbocycles. The number of H-pyrrole nitrogens is 1. The van der Waals surface area contributed by atoms with Gasteiger partial charge in [-0.1, -0.05) is 18.2 Å². The third-order valence-electron chi connectivity index (χ3n) is 4.96. The van der Waals surface area contributed by atoms with Crippen LogP contribution in [0.4, 0.5) is 0 Å². The first-order chi connectivity index (χ1) is 12.1. The Morgan fingerprint density at radius 1 is 1.32 bits per heavy atom. The topological polar surface area (TPSA) is 88.2 Å². The smallest absolute Gasteiger partial charge is 0.339 e. The maximum atomic E-state index is 12.6. The minimum Gasteiger partial charge on any atom is -0.453 e. The Bertz CT molecular complexity index is 808. The van der Waals surface area contributed by atoms with Crippen molar-refractivity contribution in [1.82, 2.24) is 20.1 Å². The molecule has 1 saturated heterocycles. The van der Waals surface area contributed by atoms with Crippen LogP contribution in [0.15, 0.2) is 24.3 Å². The van der Waals surface area contributed by atoms with Gasteiger partial charge in [0.05, 0.1) is 12.0 Å². The molecule has 0 radical (unpaired) electrons. The summed E-state index contributed by atoms with van der Waals surface area (Å²) in [6.45, 7) is 3.24. The van der Waals surface area contributed by atoms with Crippen molar-refractivity contribution in [2.75, 3.05) is 13.1 Å². The standard InChI is InChI=1S/C18H20N4O3/c1-11-19-17(21-20-11)12-6-8-22(9-7-12)16(23)10-15-13-4-2-3-5-14(13)18(24)25-15/h2-5,12,15H,6-10H2,1H3,(H,19,20,21). The van der Waals surface area contributed by atoms with Crippen molar-refractivity contribution in [3.8, 4) is 0 Å². The van der Waals surface area contributed by atoms with Crippen molar-refractivity contribution in [2.24, 2.45) is 0 Å². The fourth-order valence-corrected chi connectivity index (χ4v) is 3.59. The number of amides is 1. The summed E-state index contributed by atoms with van der Waals surface area (Å²) in [4.78, 5) is 30.7. The summed E-state index contributed by atoms with van der Waals surface area (Å²) in [6.07, 6.45) is 1.44. The van der Waals surface area contributed by atoms with Crippen molar-refractivity contribution < 1.29 is 14.3 Å². The molecule has 1 N–H and O–H groups in total. The molecule has 3 heterocycles. The highest BCUT2D eigenvalue weighted by molar-refractivity contribution is 5.94. The number of nitrogens with zero attached hydrogens (tertiary/aromatic N) is 3. The Morgan fingerprint density at radius 3 is 2.80 bits per heavy atom. The van der Waals surface area contributed by atoms with Gasteiger partial charge in [0, 0.05) is 24.6 Å². The van der Waals surface area contributed by atoms with E-state index in [1.165, 1.54) is 0 Å². The van der Waals surface area contributed by atoms with Crippen molar-refractivity contribution >= 4 is 11.9 Å². The van der Waals surface area contributed by atoms with Gasteiger partial charge in [0.25, 0.3) is 0 Å². The minimum absolute atomic E-state index is 0.0270. The zero-order valence-corrected chi connectivity index (χ0v) is 14.1. The van der Waals surface area contributed by atoms with Crippen molar-refractivity contribution in [3.63, 3.8) is 0 Å². The number of nitrogens with one attached hydrogen (secondary N) is 1. The molecule has 1 fully saturated rings. The molecule has 0 spiro atoms. The second-order valence-corrected chi connectivity index (χ2v) is 6.62. The number of carbonyl (C=O) groups excluding carboxylic acids is 2. The maximum Gasteiger partial charge on any atom is 0.339 e. The van der Waals surface area contributed by atoms with Gasteiger partial charge in [-0.15, -0.1) is 0 Å². The van der Waals surface area contributed by atoms with E-state index in [2.05, 4.69) is 15.2 Å². The van der Waals surface area contributed by atoms with Crippen molar-refractivity contribution in [3.05, 3.63) is 47.0 Å². The van der Waals surface area contributed by atoms with E-state index in [1.54, 1.807) is 12.1 Å². The Morgan fingerprint density at radius 2 is 2.08 bits per heavy atom. The summed E-state index contributed by atoms with van der Waals surface area (Å²) >= 11 is 0. The number of aromatic amines is 1. The number of hydrogen-bond donors (Lipinski definition) is 1. The van der Waals surface area contributed by atoms with Crippen LogP contribution in [0.3, 0.4) is 0 Å². The molecule has 1 unspecified atom stereocenters. The Labute approximate surface area is 145 Å². The Balaban J connectivity index is 1.36. The second kappa shape index (κ2) is 6.31. The zero-order chi connectivity index (χ0) is 17.4. The van der Waals surface area contributed by atoms with E-state index in [4.69, 9.17) is 4.74 Å². The average Bonchev–Trinajstić information content (AvgIpc) is 3.20. The van der Waals surface area contributed by atoms with Gasteiger partial charge >= 0.3 is 5.97 Å². The molecule has 2 aliphatic rings. The van der Waals surface area contributed by atoms with Crippen LogP contribution < -0.4 is 0 Å². The largest absolute Gasteiger partial charge is 0.453 e. The predicted octanol–water partition coefficient (Wildman–Crippen LogP) is 2.12. The summed E-state index contributed by atoms with van der Waals surface area (Å²) in [5, 5.41) is 7.10. The third kappa shape index (κ3) is 3.01. The second-order valence-electron chi connectivity index (χ2n) is 6.62. The number of rotatable bonds is 3. The molecule has 0 saturated carbocycles. The molecule has 0 bridgehead atoms. The van der Waals surface area contributed by atoms with E-state index in [9.17, 15) is 9.59 Å². The number of aryl methyl sites for hydroxylation is 1. The first kappa shape index (κ1) is 15.8. The number of aromatic nitrogens is 3. The number of carbonyl (C=O) groups is 2. The first-order valence-corrected chi connectivity index (χ1v) is 8.58. The molecule has 1 atom stereocenters.